The van der Waals surface area contributed by atoms with E-state index in [-0.39, 0.29) is 55.0 Å². The highest BCUT2D eigenvalue weighted by molar-refractivity contribution is 5.79. The van der Waals surface area contributed by atoms with Gasteiger partial charge in [0.2, 0.25) is 17.7 Å². The molecule has 11 heteroatoms. The lowest BCUT2D eigenvalue weighted by atomic mass is 9.87. The average molecular weight is 430 g/mol. The molecule has 1 atom stereocenters. The van der Waals surface area contributed by atoms with Crippen LogP contribution in [0, 0.1) is 11.6 Å². The topological polar surface area (TPSA) is 103 Å². The van der Waals surface area contributed by atoms with E-state index in [0.717, 1.165) is 12.1 Å². The summed E-state index contributed by atoms with van der Waals surface area (Å²) in [6.07, 6.45) is 0.670. The molecule has 1 saturated heterocycles. The van der Waals surface area contributed by atoms with Gasteiger partial charge in [-0.3, -0.25) is 4.79 Å². The molecule has 2 aliphatic rings. The van der Waals surface area contributed by atoms with E-state index in [1.165, 1.54) is 7.11 Å². The number of alkyl halides is 2. The van der Waals surface area contributed by atoms with Crippen molar-refractivity contribution in [2.24, 2.45) is 0 Å². The molecule has 0 spiro atoms. The van der Waals surface area contributed by atoms with Gasteiger partial charge in [-0.1, -0.05) is 5.10 Å². The molecule has 0 bridgehead atoms. The van der Waals surface area contributed by atoms with Crippen molar-refractivity contribution in [1.29, 1.82) is 0 Å². The number of hydrogen-bond donors (Lipinski definition) is 2. The molecule has 3 N–H and O–H groups in total. The summed E-state index contributed by atoms with van der Waals surface area (Å²) in [6, 6.07) is 2.25. The average Bonchev–Trinajstić information content (AvgIpc) is 3.30. The number of rotatable bonds is 3. The maximum absolute atomic E-state index is 13.6. The van der Waals surface area contributed by atoms with Crippen LogP contribution in [0.5, 0.6) is 5.75 Å². The number of amides is 1. The second-order valence-corrected chi connectivity index (χ2v) is 7.32. The van der Waals surface area contributed by atoms with E-state index in [1.54, 1.807) is 0 Å². The van der Waals surface area contributed by atoms with Crippen LogP contribution >= 0.6 is 0 Å². The van der Waals surface area contributed by atoms with Gasteiger partial charge < -0.3 is 20.2 Å². The van der Waals surface area contributed by atoms with E-state index in [4.69, 9.17) is 14.9 Å². The number of nitrogens with one attached hydrogen (secondary N) is 1. The van der Waals surface area contributed by atoms with Crippen LogP contribution in [0.2, 0.25) is 0 Å². The molecule has 0 radical (unpaired) electrons. The molecular formula is C19H22F4N4O3. The van der Waals surface area contributed by atoms with Crippen molar-refractivity contribution in [1.82, 2.24) is 15.5 Å². The first-order chi connectivity index (χ1) is 14.2. The molecule has 7 nitrogen and oxygen atoms in total. The number of anilines is 1. The van der Waals surface area contributed by atoms with Crippen LogP contribution in [0.15, 0.2) is 16.5 Å². The number of hydrogen-bond acceptors (Lipinski definition) is 6. The normalized spacial score (nSPS) is 21.0. The van der Waals surface area contributed by atoms with Crippen LogP contribution in [0.3, 0.4) is 0 Å². The lowest BCUT2D eigenvalue weighted by molar-refractivity contribution is -0.119. The number of methoxy groups -OCH3 is 1. The van der Waals surface area contributed by atoms with E-state index in [9.17, 15) is 22.4 Å². The standard InChI is InChI=1S/C11H11F2NO2.C8H11F2N3O/c1-16-7-3-8(12)11(9(13)4-7)6-2-10(15)14-5-6;9-8(10)3-1-5(2-4-8)6-12-13-7(11)14-6/h3-4,6H,2,5H2,1H3,(H,14,15);5H,1-4H2,(H2,11,13). The Morgan fingerprint density at radius 3 is 2.27 bits per heavy atom. The maximum Gasteiger partial charge on any atom is 0.312 e. The van der Waals surface area contributed by atoms with Gasteiger partial charge in [-0.05, 0) is 12.8 Å². The zero-order valence-corrected chi connectivity index (χ0v) is 16.3. The summed E-state index contributed by atoms with van der Waals surface area (Å²) in [5.41, 5.74) is 5.21. The number of ether oxygens (including phenoxy) is 1. The Bertz CT molecular complexity index is 873. The first kappa shape index (κ1) is 21.8. The number of nitrogens with zero attached hydrogens (tertiary/aromatic N) is 2. The van der Waals surface area contributed by atoms with Gasteiger partial charge in [-0.2, -0.15) is 0 Å². The summed E-state index contributed by atoms with van der Waals surface area (Å²) in [5, 5.41) is 9.75. The summed E-state index contributed by atoms with van der Waals surface area (Å²) < 4.78 is 62.6. The molecule has 1 aromatic heterocycles. The van der Waals surface area contributed by atoms with Gasteiger partial charge >= 0.3 is 6.01 Å². The number of benzene rings is 1. The van der Waals surface area contributed by atoms with E-state index in [0.29, 0.717) is 18.7 Å². The van der Waals surface area contributed by atoms with Gasteiger partial charge in [0.25, 0.3) is 0 Å². The van der Waals surface area contributed by atoms with Crippen molar-refractivity contribution in [2.75, 3.05) is 19.4 Å². The molecular weight excluding hydrogens is 408 g/mol. The zero-order valence-electron chi connectivity index (χ0n) is 16.3. The minimum absolute atomic E-state index is 0.00247. The fourth-order valence-corrected chi connectivity index (χ4v) is 3.58. The Kier molecular flexibility index (Phi) is 6.47. The molecule has 30 heavy (non-hydrogen) atoms. The molecule has 2 fully saturated rings. The first-order valence-corrected chi connectivity index (χ1v) is 9.45. The lowest BCUT2D eigenvalue weighted by Crippen LogP contribution is -2.23. The van der Waals surface area contributed by atoms with Crippen LogP contribution < -0.4 is 15.8 Å². The molecule has 1 saturated carbocycles. The van der Waals surface area contributed by atoms with Crippen molar-refractivity contribution in [2.45, 2.75) is 49.9 Å². The molecule has 1 aliphatic heterocycles. The summed E-state index contributed by atoms with van der Waals surface area (Å²) in [6.45, 7) is 0.277. The monoisotopic (exact) mass is 430 g/mol. The summed E-state index contributed by atoms with van der Waals surface area (Å²) in [4.78, 5) is 11.0. The van der Waals surface area contributed by atoms with Gasteiger partial charge in [-0.25, -0.2) is 17.6 Å². The summed E-state index contributed by atoms with van der Waals surface area (Å²) in [7, 11) is 1.34. The number of nitrogen functional groups attached to an aromatic ring is 1. The minimum atomic E-state index is -2.53. The lowest BCUT2D eigenvalue weighted by Gasteiger charge is -2.25. The zero-order chi connectivity index (χ0) is 21.9. The quantitative estimate of drug-likeness (QED) is 0.723. The van der Waals surface area contributed by atoms with E-state index < -0.39 is 23.5 Å². The van der Waals surface area contributed by atoms with Crippen LogP contribution in [0.1, 0.15) is 55.4 Å². The molecule has 2 aromatic rings. The van der Waals surface area contributed by atoms with Crippen molar-refractivity contribution in [3.05, 3.63) is 35.2 Å². The van der Waals surface area contributed by atoms with Crippen LogP contribution in [-0.2, 0) is 4.79 Å². The Labute approximate surface area is 170 Å². The second kappa shape index (κ2) is 8.88. The largest absolute Gasteiger partial charge is 0.497 e. The molecule has 1 unspecified atom stereocenters. The van der Waals surface area contributed by atoms with Crippen LogP contribution in [-0.4, -0.2) is 35.7 Å². The molecule has 2 heterocycles. The summed E-state index contributed by atoms with van der Waals surface area (Å²) in [5.74, 6) is -4.01. The van der Waals surface area contributed by atoms with Crippen molar-refractivity contribution < 1.29 is 31.5 Å². The highest BCUT2D eigenvalue weighted by atomic mass is 19.3. The predicted octanol–water partition coefficient (Wildman–Crippen LogP) is 3.52. The smallest absolute Gasteiger partial charge is 0.312 e. The second-order valence-electron chi connectivity index (χ2n) is 7.32. The van der Waals surface area contributed by atoms with Crippen molar-refractivity contribution >= 4 is 11.9 Å². The third-order valence-electron chi connectivity index (χ3n) is 5.20. The Morgan fingerprint density at radius 2 is 1.80 bits per heavy atom. The first-order valence-electron chi connectivity index (χ1n) is 9.45. The van der Waals surface area contributed by atoms with Crippen LogP contribution in [0.25, 0.3) is 0 Å². The van der Waals surface area contributed by atoms with Crippen molar-refractivity contribution in [3.63, 3.8) is 0 Å². The Balaban J connectivity index is 0.000000172. The molecule has 4 rings (SSSR count). The van der Waals surface area contributed by atoms with Gasteiger partial charge in [0.05, 0.1) is 7.11 Å². The van der Waals surface area contributed by atoms with Crippen LogP contribution in [0.4, 0.5) is 23.6 Å². The summed E-state index contributed by atoms with van der Waals surface area (Å²) >= 11 is 0. The van der Waals surface area contributed by atoms with Gasteiger partial charge in [0.15, 0.2) is 0 Å². The maximum atomic E-state index is 13.6. The van der Waals surface area contributed by atoms with Crippen molar-refractivity contribution in [3.8, 4) is 5.75 Å². The number of nitrogens with two attached hydrogens (primary N) is 1. The molecule has 1 aliphatic carbocycles. The van der Waals surface area contributed by atoms with E-state index in [1.807, 2.05) is 0 Å². The fraction of sp³-hybridized carbons (Fsp3) is 0.526. The SMILES string of the molecule is COc1cc(F)c(C2CNC(=O)C2)c(F)c1.Nc1nnc(C2CCC(F)(F)CC2)o1. The third kappa shape index (κ3) is 5.19. The molecule has 1 amide bonds. The molecule has 1 aromatic carbocycles. The highest BCUT2D eigenvalue weighted by Crippen LogP contribution is 2.40. The Hall–Kier alpha value is -2.85. The predicted molar refractivity (Wildman–Crippen MR) is 98.1 cm³/mol. The Morgan fingerprint density at radius 1 is 1.17 bits per heavy atom. The number of halogens is 4. The minimum Gasteiger partial charge on any atom is -0.497 e. The number of aromatic nitrogens is 2. The number of carbonyl (C=O) groups is 1. The highest BCUT2D eigenvalue weighted by Gasteiger charge is 2.37. The van der Waals surface area contributed by atoms with Gasteiger partial charge in [-0.15, -0.1) is 5.10 Å². The van der Waals surface area contributed by atoms with E-state index in [2.05, 4.69) is 15.5 Å². The van der Waals surface area contributed by atoms with Gasteiger partial charge in [0, 0.05) is 55.3 Å². The fourth-order valence-electron chi connectivity index (χ4n) is 3.58. The van der Waals surface area contributed by atoms with E-state index >= 15 is 0 Å². The number of carbonyl (C=O) groups excluding carboxylic acids is 1. The third-order valence-corrected chi connectivity index (χ3v) is 5.20. The van der Waals surface area contributed by atoms with Gasteiger partial charge in [0.1, 0.15) is 17.4 Å². The molecule has 164 valence electrons.